The van der Waals surface area contributed by atoms with E-state index >= 15 is 0 Å². The Hall–Kier alpha value is -3.81. The lowest BCUT2D eigenvalue weighted by molar-refractivity contribution is 0.0946. The second kappa shape index (κ2) is 8.14. The lowest BCUT2D eigenvalue weighted by Gasteiger charge is -2.10. The first-order valence-electron chi connectivity index (χ1n) is 9.90. The summed E-state index contributed by atoms with van der Waals surface area (Å²) in [7, 11) is 4.92. The van der Waals surface area contributed by atoms with Crippen molar-refractivity contribution < 1.29 is 14.3 Å². The van der Waals surface area contributed by atoms with Crippen molar-refractivity contribution in [2.75, 3.05) is 20.8 Å². The molecule has 0 saturated carbocycles. The molecule has 3 heterocycles. The number of nitrogens with zero attached hydrogens (tertiary/aromatic N) is 3. The smallest absolute Gasteiger partial charge is 0.267 e. The van der Waals surface area contributed by atoms with Gasteiger partial charge < -0.3 is 19.4 Å². The highest BCUT2D eigenvalue weighted by Gasteiger charge is 2.17. The number of carbonyl (C=O) groups is 1. The quantitative estimate of drug-likeness (QED) is 0.518. The number of aromatic nitrogens is 3. The third kappa shape index (κ3) is 3.72. The van der Waals surface area contributed by atoms with Gasteiger partial charge in [0.25, 0.3) is 11.5 Å². The van der Waals surface area contributed by atoms with Crippen LogP contribution >= 0.6 is 0 Å². The number of benzene rings is 1. The summed E-state index contributed by atoms with van der Waals surface area (Å²) in [5, 5.41) is 3.33. The predicted molar refractivity (Wildman–Crippen MR) is 118 cm³/mol. The minimum Gasteiger partial charge on any atom is -0.493 e. The zero-order chi connectivity index (χ0) is 22.1. The van der Waals surface area contributed by atoms with Crippen LogP contribution in [0.25, 0.3) is 16.7 Å². The van der Waals surface area contributed by atoms with E-state index in [1.54, 1.807) is 44.2 Å². The van der Waals surface area contributed by atoms with Gasteiger partial charge in [-0.05, 0) is 48.7 Å². The number of nitrogens with one attached hydrogen (secondary N) is 1. The molecule has 0 saturated heterocycles. The summed E-state index contributed by atoms with van der Waals surface area (Å²) >= 11 is 0. The normalized spacial score (nSPS) is 11.1. The molecule has 4 rings (SSSR count). The van der Waals surface area contributed by atoms with Crippen molar-refractivity contribution >= 4 is 22.6 Å². The van der Waals surface area contributed by atoms with Gasteiger partial charge in [-0.15, -0.1) is 0 Å². The first-order valence-corrected chi connectivity index (χ1v) is 9.90. The highest BCUT2D eigenvalue weighted by molar-refractivity contribution is 5.98. The number of methoxy groups -OCH3 is 2. The van der Waals surface area contributed by atoms with Crippen molar-refractivity contribution in [3.63, 3.8) is 0 Å². The average molecular weight is 420 g/mol. The number of fused-ring (bicyclic) bond motifs is 2. The van der Waals surface area contributed by atoms with Gasteiger partial charge in [0.1, 0.15) is 17.0 Å². The molecule has 0 spiro atoms. The summed E-state index contributed by atoms with van der Waals surface area (Å²) < 4.78 is 13.7. The largest absolute Gasteiger partial charge is 0.493 e. The van der Waals surface area contributed by atoms with Crippen LogP contribution in [0.5, 0.6) is 11.5 Å². The maximum atomic E-state index is 12.9. The minimum absolute atomic E-state index is 0.191. The zero-order valence-electron chi connectivity index (χ0n) is 17.9. The van der Waals surface area contributed by atoms with E-state index in [2.05, 4.69) is 10.3 Å². The van der Waals surface area contributed by atoms with Crippen molar-refractivity contribution in [1.29, 1.82) is 0 Å². The van der Waals surface area contributed by atoms with Gasteiger partial charge in [0.05, 0.1) is 19.6 Å². The van der Waals surface area contributed by atoms with Crippen LogP contribution in [0.3, 0.4) is 0 Å². The summed E-state index contributed by atoms with van der Waals surface area (Å²) in [6.07, 6.45) is 2.38. The Morgan fingerprint density at radius 3 is 2.61 bits per heavy atom. The van der Waals surface area contributed by atoms with Gasteiger partial charge in [0, 0.05) is 19.8 Å². The molecule has 1 amide bonds. The molecule has 1 aromatic carbocycles. The van der Waals surface area contributed by atoms with Crippen LogP contribution < -0.4 is 20.3 Å². The van der Waals surface area contributed by atoms with Gasteiger partial charge in [-0.1, -0.05) is 12.1 Å². The van der Waals surface area contributed by atoms with Gasteiger partial charge in [0.2, 0.25) is 0 Å². The van der Waals surface area contributed by atoms with Gasteiger partial charge in [0.15, 0.2) is 11.5 Å². The summed E-state index contributed by atoms with van der Waals surface area (Å²) in [5.41, 5.74) is 3.20. The van der Waals surface area contributed by atoms with Crippen LogP contribution in [0.4, 0.5) is 0 Å². The molecule has 0 unspecified atom stereocenters. The van der Waals surface area contributed by atoms with E-state index in [1.165, 1.54) is 4.40 Å². The Morgan fingerprint density at radius 2 is 1.87 bits per heavy atom. The summed E-state index contributed by atoms with van der Waals surface area (Å²) in [5.74, 6) is 1.05. The molecule has 31 heavy (non-hydrogen) atoms. The Bertz CT molecular complexity index is 1350. The standard InChI is InChI=1S/C23H24N4O4/c1-14-5-8-20-25-21-16(23(29)27(20)13-14)12-17(26(21)2)22(28)24-10-9-15-6-7-18(30-3)19(11-15)31-4/h5-8,11-13H,9-10H2,1-4H3,(H,24,28). The number of rotatable bonds is 6. The van der Waals surface area contributed by atoms with E-state index in [0.717, 1.165) is 11.1 Å². The number of ether oxygens (including phenoxy) is 2. The molecule has 0 aliphatic heterocycles. The van der Waals surface area contributed by atoms with Gasteiger partial charge >= 0.3 is 0 Å². The van der Waals surface area contributed by atoms with Gasteiger partial charge in [-0.25, -0.2) is 4.98 Å². The van der Waals surface area contributed by atoms with Crippen LogP contribution in [0.15, 0.2) is 47.4 Å². The SMILES string of the molecule is COc1ccc(CCNC(=O)c2cc3c(=O)n4cc(C)ccc4nc3n2C)cc1OC. The maximum Gasteiger partial charge on any atom is 0.267 e. The van der Waals surface area contributed by atoms with Crippen molar-refractivity contribution in [3.05, 3.63) is 69.8 Å². The second-order valence-electron chi connectivity index (χ2n) is 7.37. The van der Waals surface area contributed by atoms with E-state index in [0.29, 0.717) is 46.8 Å². The minimum atomic E-state index is -0.259. The zero-order valence-corrected chi connectivity index (χ0v) is 17.9. The van der Waals surface area contributed by atoms with Crippen molar-refractivity contribution in [3.8, 4) is 11.5 Å². The molecular formula is C23H24N4O4. The first-order chi connectivity index (χ1) is 14.9. The molecule has 0 atom stereocenters. The number of hydrogen-bond donors (Lipinski definition) is 1. The third-order valence-electron chi connectivity index (χ3n) is 5.33. The number of aryl methyl sites for hydroxylation is 2. The monoisotopic (exact) mass is 420 g/mol. The molecule has 0 fully saturated rings. The fourth-order valence-electron chi connectivity index (χ4n) is 3.64. The molecule has 0 aliphatic rings. The van der Waals surface area contributed by atoms with E-state index in [4.69, 9.17) is 9.47 Å². The predicted octanol–water partition coefficient (Wildman–Crippen LogP) is 2.48. The molecule has 0 aliphatic carbocycles. The van der Waals surface area contributed by atoms with E-state index in [-0.39, 0.29) is 11.5 Å². The Kier molecular flexibility index (Phi) is 5.37. The molecular weight excluding hydrogens is 396 g/mol. The lowest BCUT2D eigenvalue weighted by atomic mass is 10.1. The molecule has 1 N–H and O–H groups in total. The van der Waals surface area contributed by atoms with Crippen LogP contribution in [0.2, 0.25) is 0 Å². The highest BCUT2D eigenvalue weighted by atomic mass is 16.5. The molecule has 0 bridgehead atoms. The van der Waals surface area contributed by atoms with E-state index < -0.39 is 0 Å². The maximum absolute atomic E-state index is 12.9. The topological polar surface area (TPSA) is 86.9 Å². The summed E-state index contributed by atoms with van der Waals surface area (Å²) in [6, 6.07) is 11.0. The number of amides is 1. The highest BCUT2D eigenvalue weighted by Crippen LogP contribution is 2.27. The molecule has 8 heteroatoms. The summed E-state index contributed by atoms with van der Waals surface area (Å²) in [6.45, 7) is 2.35. The Balaban J connectivity index is 1.55. The van der Waals surface area contributed by atoms with E-state index in [1.807, 2.05) is 31.2 Å². The fourth-order valence-corrected chi connectivity index (χ4v) is 3.64. The number of hydrogen-bond acceptors (Lipinski definition) is 5. The molecule has 3 aromatic heterocycles. The number of carbonyl (C=O) groups excluding carboxylic acids is 1. The Labute approximate surface area is 179 Å². The molecule has 4 aromatic rings. The molecule has 0 radical (unpaired) electrons. The van der Waals surface area contributed by atoms with Crippen molar-refractivity contribution in [2.45, 2.75) is 13.3 Å². The number of pyridine rings is 1. The summed E-state index contributed by atoms with van der Waals surface area (Å²) in [4.78, 5) is 30.3. The molecule has 160 valence electrons. The van der Waals surface area contributed by atoms with Crippen molar-refractivity contribution in [1.82, 2.24) is 19.3 Å². The van der Waals surface area contributed by atoms with Crippen LogP contribution in [-0.4, -0.2) is 40.6 Å². The third-order valence-corrected chi connectivity index (χ3v) is 5.33. The van der Waals surface area contributed by atoms with Gasteiger partial charge in [-0.2, -0.15) is 0 Å². The van der Waals surface area contributed by atoms with Gasteiger partial charge in [-0.3, -0.25) is 14.0 Å². The first kappa shape index (κ1) is 20.5. The van der Waals surface area contributed by atoms with Crippen LogP contribution in [-0.2, 0) is 13.5 Å². The van der Waals surface area contributed by atoms with E-state index in [9.17, 15) is 9.59 Å². The second-order valence-corrected chi connectivity index (χ2v) is 7.37. The van der Waals surface area contributed by atoms with Crippen LogP contribution in [0, 0.1) is 6.92 Å². The Morgan fingerprint density at radius 1 is 1.10 bits per heavy atom. The van der Waals surface area contributed by atoms with Crippen LogP contribution in [0.1, 0.15) is 21.6 Å². The van der Waals surface area contributed by atoms with Crippen molar-refractivity contribution in [2.24, 2.45) is 7.05 Å². The lowest BCUT2D eigenvalue weighted by Crippen LogP contribution is -2.27. The average Bonchev–Trinajstić information content (AvgIpc) is 3.11. The fraction of sp³-hybridized carbons (Fsp3) is 0.261. The molecule has 8 nitrogen and oxygen atoms in total.